The zero-order valence-electron chi connectivity index (χ0n) is 26.2. The van der Waals surface area contributed by atoms with Gasteiger partial charge in [0.15, 0.2) is 0 Å². The number of fused-ring (bicyclic) bond motifs is 2. The van der Waals surface area contributed by atoms with E-state index in [-0.39, 0.29) is 48.2 Å². The molecule has 15 heteroatoms. The number of carbonyl (C=O) groups is 3. The van der Waals surface area contributed by atoms with Crippen LogP contribution in [0.2, 0.25) is 0 Å². The summed E-state index contributed by atoms with van der Waals surface area (Å²) in [5.74, 6) is 0.202. The Morgan fingerprint density at radius 2 is 1.57 bits per heavy atom. The summed E-state index contributed by atoms with van der Waals surface area (Å²) in [7, 11) is 1.50. The SMILES string of the molecule is Cn1c(=O)oc(=O)c2cc(NC(=O)CCOCCOCCOCCOCCCC(=O)CCCCC3SCC4NC(=O)NC43)ccc21. The normalized spacial score (nSPS) is 18.8. The highest BCUT2D eigenvalue weighted by molar-refractivity contribution is 8.00. The molecule has 2 aliphatic heterocycles. The minimum Gasteiger partial charge on any atom is -0.379 e. The molecule has 3 N–H and O–H groups in total. The number of aromatic nitrogens is 1. The van der Waals surface area contributed by atoms with E-state index in [9.17, 15) is 24.0 Å². The van der Waals surface area contributed by atoms with E-state index >= 15 is 0 Å². The second-order valence-electron chi connectivity index (χ2n) is 11.2. The van der Waals surface area contributed by atoms with Crippen LogP contribution in [0.3, 0.4) is 0 Å². The minimum atomic E-state index is -0.757. The van der Waals surface area contributed by atoms with Gasteiger partial charge in [0.25, 0.3) is 0 Å². The maximum atomic E-state index is 12.2. The van der Waals surface area contributed by atoms with Crippen molar-refractivity contribution in [2.45, 2.75) is 62.3 Å². The predicted molar refractivity (Wildman–Crippen MR) is 172 cm³/mol. The van der Waals surface area contributed by atoms with Gasteiger partial charge in [-0.15, -0.1) is 0 Å². The second-order valence-corrected chi connectivity index (χ2v) is 12.5. The highest BCUT2D eigenvalue weighted by Crippen LogP contribution is 2.33. The molecule has 1 aromatic heterocycles. The topological polar surface area (TPSA) is 176 Å². The van der Waals surface area contributed by atoms with E-state index in [1.807, 2.05) is 11.8 Å². The fourth-order valence-corrected chi connectivity index (χ4v) is 6.87. The molecule has 2 aliphatic rings. The van der Waals surface area contributed by atoms with Crippen LogP contribution in [0.5, 0.6) is 0 Å². The van der Waals surface area contributed by atoms with Crippen molar-refractivity contribution in [3.63, 3.8) is 0 Å². The van der Waals surface area contributed by atoms with E-state index in [0.29, 0.717) is 82.0 Å². The third-order valence-corrected chi connectivity index (χ3v) is 9.29. The van der Waals surface area contributed by atoms with Crippen molar-refractivity contribution in [1.82, 2.24) is 15.2 Å². The number of thioether (sulfide) groups is 1. The summed E-state index contributed by atoms with van der Waals surface area (Å²) >= 11 is 1.90. The van der Waals surface area contributed by atoms with E-state index in [2.05, 4.69) is 20.4 Å². The van der Waals surface area contributed by atoms with Crippen molar-refractivity contribution < 1.29 is 37.7 Å². The van der Waals surface area contributed by atoms with Gasteiger partial charge in [0.05, 0.1) is 75.7 Å². The maximum absolute atomic E-state index is 12.2. The molecule has 2 fully saturated rings. The number of hydrogen-bond acceptors (Lipinski definition) is 11. The number of ether oxygens (including phenoxy) is 4. The van der Waals surface area contributed by atoms with Gasteiger partial charge in [0.1, 0.15) is 5.78 Å². The molecule has 14 nitrogen and oxygen atoms in total. The van der Waals surface area contributed by atoms with Gasteiger partial charge in [-0.3, -0.25) is 14.2 Å². The van der Waals surface area contributed by atoms with Crippen molar-refractivity contribution in [3.05, 3.63) is 39.2 Å². The minimum absolute atomic E-state index is 0.0627. The third-order valence-electron chi connectivity index (χ3n) is 7.78. The average molecular weight is 665 g/mol. The van der Waals surface area contributed by atoms with E-state index in [1.54, 1.807) is 12.1 Å². The van der Waals surface area contributed by atoms with Crippen LogP contribution < -0.4 is 27.3 Å². The van der Waals surface area contributed by atoms with Gasteiger partial charge in [0, 0.05) is 43.2 Å². The van der Waals surface area contributed by atoms with E-state index in [4.69, 9.17) is 18.9 Å². The molecular weight excluding hydrogens is 620 g/mol. The molecule has 46 heavy (non-hydrogen) atoms. The molecule has 3 heterocycles. The van der Waals surface area contributed by atoms with Gasteiger partial charge in [0.2, 0.25) is 5.91 Å². The van der Waals surface area contributed by atoms with Crippen molar-refractivity contribution in [1.29, 1.82) is 0 Å². The zero-order valence-corrected chi connectivity index (χ0v) is 27.0. The number of nitrogens with zero attached hydrogens (tertiary/aromatic N) is 1. The van der Waals surface area contributed by atoms with Gasteiger partial charge >= 0.3 is 17.4 Å². The van der Waals surface area contributed by atoms with Crippen molar-refractivity contribution >= 4 is 46.1 Å². The fraction of sp³-hybridized carbons (Fsp3) is 0.645. The summed E-state index contributed by atoms with van der Waals surface area (Å²) in [5, 5.41) is 9.29. The summed E-state index contributed by atoms with van der Waals surface area (Å²) in [6, 6.07) is 5.06. The van der Waals surface area contributed by atoms with Crippen LogP contribution in [-0.2, 0) is 35.6 Å². The van der Waals surface area contributed by atoms with Gasteiger partial charge in [-0.05, 0) is 37.5 Å². The highest BCUT2D eigenvalue weighted by Gasteiger charge is 2.42. The number of benzene rings is 1. The van der Waals surface area contributed by atoms with Gasteiger partial charge in [-0.25, -0.2) is 14.4 Å². The summed E-state index contributed by atoms with van der Waals surface area (Å²) in [4.78, 5) is 59.3. The van der Waals surface area contributed by atoms with Crippen molar-refractivity contribution in [3.8, 4) is 0 Å². The van der Waals surface area contributed by atoms with Crippen LogP contribution in [-0.4, -0.2) is 98.2 Å². The quantitative estimate of drug-likeness (QED) is 0.124. The average Bonchev–Trinajstić information content (AvgIpc) is 3.59. The molecule has 254 valence electrons. The number of urea groups is 1. The molecule has 2 aromatic rings. The first-order valence-electron chi connectivity index (χ1n) is 15.8. The highest BCUT2D eigenvalue weighted by atomic mass is 32.2. The molecule has 0 saturated carbocycles. The Morgan fingerprint density at radius 1 is 0.891 bits per heavy atom. The fourth-order valence-electron chi connectivity index (χ4n) is 5.33. The van der Waals surface area contributed by atoms with Crippen molar-refractivity contribution in [2.24, 2.45) is 7.05 Å². The molecule has 3 unspecified atom stereocenters. The second kappa shape index (κ2) is 18.8. The number of carbonyl (C=O) groups excluding carboxylic acids is 3. The first kappa shape index (κ1) is 35.6. The van der Waals surface area contributed by atoms with E-state index < -0.39 is 11.4 Å². The molecular formula is C31H44N4O10S. The Morgan fingerprint density at radius 3 is 2.30 bits per heavy atom. The van der Waals surface area contributed by atoms with Crippen LogP contribution in [0.1, 0.15) is 44.9 Å². The van der Waals surface area contributed by atoms with Crippen LogP contribution in [0.15, 0.2) is 32.2 Å². The predicted octanol–water partition coefficient (Wildman–Crippen LogP) is 1.96. The number of rotatable bonds is 22. The summed E-state index contributed by atoms with van der Waals surface area (Å²) in [6.07, 6.45) is 4.86. The number of ketones is 1. The molecule has 1 aromatic carbocycles. The Hall–Kier alpha value is -3.24. The molecule has 0 radical (unpaired) electrons. The van der Waals surface area contributed by atoms with Crippen LogP contribution in [0, 0.1) is 0 Å². The Bertz CT molecular complexity index is 1430. The number of anilines is 1. The van der Waals surface area contributed by atoms with Crippen LogP contribution >= 0.6 is 11.8 Å². The Kier molecular flexibility index (Phi) is 14.5. The number of hydrogen-bond donors (Lipinski definition) is 3. The number of amides is 3. The summed E-state index contributed by atoms with van der Waals surface area (Å²) in [5.41, 5.74) is 0.0766. The Labute approximate surface area is 271 Å². The molecule has 3 atom stereocenters. The lowest BCUT2D eigenvalue weighted by Crippen LogP contribution is -2.36. The number of unbranched alkanes of at least 4 members (excludes halogenated alkanes) is 1. The van der Waals surface area contributed by atoms with Gasteiger partial charge in [-0.1, -0.05) is 6.42 Å². The molecule has 0 spiro atoms. The van der Waals surface area contributed by atoms with Gasteiger partial charge in [-0.2, -0.15) is 11.8 Å². The van der Waals surface area contributed by atoms with E-state index in [0.717, 1.165) is 25.0 Å². The molecule has 4 rings (SSSR count). The largest absolute Gasteiger partial charge is 0.422 e. The van der Waals surface area contributed by atoms with Crippen molar-refractivity contribution in [2.75, 3.05) is 63.9 Å². The zero-order chi connectivity index (χ0) is 32.7. The number of Topliss-reactive ketones (excluding diaryl/α,β-unsaturated/α-hetero) is 1. The van der Waals surface area contributed by atoms with Crippen LogP contribution in [0.25, 0.3) is 10.9 Å². The molecule has 2 saturated heterocycles. The molecule has 3 amide bonds. The third kappa shape index (κ3) is 11.2. The monoisotopic (exact) mass is 664 g/mol. The number of nitrogens with one attached hydrogen (secondary N) is 3. The number of aryl methyl sites for hydroxylation is 1. The lowest BCUT2D eigenvalue weighted by atomic mass is 10.0. The first-order valence-corrected chi connectivity index (χ1v) is 16.8. The standard InChI is InChI=1S/C31H44N4O10S/c1-35-25-9-8-21(19-23(25)29(38)45-31(35)40)32-27(37)10-12-42-14-16-44-18-17-43-15-13-41-11-4-6-22(36)5-2-3-7-26-28-24(20-46-26)33-30(39)34-28/h8-9,19,24,26,28H,2-7,10-18,20H2,1H3,(H,32,37)(H2,33,34,39). The smallest absolute Gasteiger partial charge is 0.379 e. The molecule has 0 bridgehead atoms. The van der Waals surface area contributed by atoms with Crippen LogP contribution in [0.4, 0.5) is 10.5 Å². The lowest BCUT2D eigenvalue weighted by Gasteiger charge is -2.16. The summed E-state index contributed by atoms with van der Waals surface area (Å²) < 4.78 is 27.8. The maximum Gasteiger partial charge on any atom is 0.422 e. The Balaban J connectivity index is 0.890. The summed E-state index contributed by atoms with van der Waals surface area (Å²) in [6.45, 7) is 3.16. The van der Waals surface area contributed by atoms with E-state index in [1.165, 1.54) is 17.7 Å². The van der Waals surface area contributed by atoms with Gasteiger partial charge < -0.3 is 39.3 Å². The molecule has 0 aliphatic carbocycles. The first-order chi connectivity index (χ1) is 22.3. The lowest BCUT2D eigenvalue weighted by molar-refractivity contribution is -0.119.